The van der Waals surface area contributed by atoms with Crippen LogP contribution in [0, 0.1) is 11.3 Å². The second-order valence-electron chi connectivity index (χ2n) is 3.59. The fourth-order valence-corrected chi connectivity index (χ4v) is 1.72. The maximum atomic E-state index is 11.8. The molecular formula is C12H7Cl2N3O. The zero-order valence-corrected chi connectivity index (χ0v) is 10.6. The van der Waals surface area contributed by atoms with Crippen molar-refractivity contribution in [2.75, 3.05) is 0 Å². The van der Waals surface area contributed by atoms with Gasteiger partial charge in [-0.3, -0.25) is 9.36 Å². The van der Waals surface area contributed by atoms with Crippen LogP contribution in [0.15, 0.2) is 35.4 Å². The SMILES string of the molecule is N#Cc1ccc(Cn2cnc(Cl)c(Cl)c2=O)cc1. The van der Waals surface area contributed by atoms with E-state index in [1.807, 2.05) is 6.07 Å². The van der Waals surface area contributed by atoms with Crippen molar-refractivity contribution in [1.29, 1.82) is 5.26 Å². The van der Waals surface area contributed by atoms with E-state index in [-0.39, 0.29) is 15.7 Å². The largest absolute Gasteiger partial charge is 0.293 e. The van der Waals surface area contributed by atoms with Gasteiger partial charge in [0.15, 0.2) is 5.15 Å². The van der Waals surface area contributed by atoms with Gasteiger partial charge in [0.2, 0.25) is 0 Å². The van der Waals surface area contributed by atoms with Crippen LogP contribution in [0.25, 0.3) is 0 Å². The Bertz CT molecular complexity index is 671. The molecule has 0 aliphatic carbocycles. The lowest BCUT2D eigenvalue weighted by atomic mass is 10.1. The van der Waals surface area contributed by atoms with Crippen LogP contribution >= 0.6 is 23.2 Å². The van der Waals surface area contributed by atoms with E-state index in [0.717, 1.165) is 5.56 Å². The summed E-state index contributed by atoms with van der Waals surface area (Å²) in [6, 6.07) is 8.94. The molecule has 1 heterocycles. The van der Waals surface area contributed by atoms with Crippen LogP contribution in [0.2, 0.25) is 10.2 Å². The molecule has 0 spiro atoms. The molecule has 0 radical (unpaired) electrons. The first-order valence-corrected chi connectivity index (χ1v) is 5.77. The van der Waals surface area contributed by atoms with Crippen molar-refractivity contribution in [2.24, 2.45) is 0 Å². The second kappa shape index (κ2) is 5.21. The number of aromatic nitrogens is 2. The topological polar surface area (TPSA) is 58.7 Å². The Labute approximate surface area is 113 Å². The minimum Gasteiger partial charge on any atom is -0.293 e. The minimum atomic E-state index is -0.388. The van der Waals surface area contributed by atoms with Crippen molar-refractivity contribution in [1.82, 2.24) is 9.55 Å². The molecule has 0 N–H and O–H groups in total. The summed E-state index contributed by atoms with van der Waals surface area (Å²) in [5, 5.41) is 8.59. The lowest BCUT2D eigenvalue weighted by Gasteiger charge is -2.06. The Balaban J connectivity index is 2.32. The Morgan fingerprint density at radius 2 is 1.94 bits per heavy atom. The van der Waals surface area contributed by atoms with Crippen LogP contribution in [-0.2, 0) is 6.54 Å². The molecule has 2 rings (SSSR count). The van der Waals surface area contributed by atoms with Gasteiger partial charge >= 0.3 is 0 Å². The van der Waals surface area contributed by atoms with E-state index in [0.29, 0.717) is 12.1 Å². The molecule has 18 heavy (non-hydrogen) atoms. The van der Waals surface area contributed by atoms with E-state index in [9.17, 15) is 4.79 Å². The van der Waals surface area contributed by atoms with Crippen LogP contribution in [0.3, 0.4) is 0 Å². The van der Waals surface area contributed by atoms with Crippen LogP contribution < -0.4 is 5.56 Å². The van der Waals surface area contributed by atoms with Gasteiger partial charge in [0.25, 0.3) is 5.56 Å². The molecule has 90 valence electrons. The Hall–Kier alpha value is -1.83. The highest BCUT2D eigenvalue weighted by Crippen LogP contribution is 2.13. The summed E-state index contributed by atoms with van der Waals surface area (Å²) >= 11 is 11.4. The van der Waals surface area contributed by atoms with Crippen LogP contribution in [0.4, 0.5) is 0 Å². The molecule has 1 aromatic heterocycles. The fraction of sp³-hybridized carbons (Fsp3) is 0.0833. The molecule has 6 heteroatoms. The number of benzene rings is 1. The number of hydrogen-bond acceptors (Lipinski definition) is 3. The molecule has 0 bridgehead atoms. The molecule has 1 aromatic carbocycles. The third kappa shape index (κ3) is 2.53. The smallest absolute Gasteiger partial charge is 0.273 e. The van der Waals surface area contributed by atoms with Gasteiger partial charge in [-0.05, 0) is 17.7 Å². The summed E-state index contributed by atoms with van der Waals surface area (Å²) in [6.45, 7) is 0.328. The first-order valence-electron chi connectivity index (χ1n) is 5.01. The predicted molar refractivity (Wildman–Crippen MR) is 68.8 cm³/mol. The second-order valence-corrected chi connectivity index (χ2v) is 4.33. The zero-order chi connectivity index (χ0) is 13.1. The van der Waals surface area contributed by atoms with Gasteiger partial charge in [-0.1, -0.05) is 35.3 Å². The normalized spacial score (nSPS) is 10.1. The van der Waals surface area contributed by atoms with Gasteiger partial charge in [-0.15, -0.1) is 0 Å². The van der Waals surface area contributed by atoms with Gasteiger partial charge in [0.05, 0.1) is 24.5 Å². The Morgan fingerprint density at radius 3 is 2.56 bits per heavy atom. The summed E-state index contributed by atoms with van der Waals surface area (Å²) in [7, 11) is 0. The molecule has 0 saturated heterocycles. The summed E-state index contributed by atoms with van der Waals surface area (Å²) in [6.07, 6.45) is 1.34. The quantitative estimate of drug-likeness (QED) is 0.794. The van der Waals surface area contributed by atoms with Gasteiger partial charge < -0.3 is 0 Å². The predicted octanol–water partition coefficient (Wildman–Crippen LogP) is 2.47. The number of rotatable bonds is 2. The number of nitrogens with zero attached hydrogens (tertiary/aromatic N) is 3. The van der Waals surface area contributed by atoms with Gasteiger partial charge in [0.1, 0.15) is 5.02 Å². The van der Waals surface area contributed by atoms with Crippen LogP contribution in [-0.4, -0.2) is 9.55 Å². The number of nitriles is 1. The average Bonchev–Trinajstić information content (AvgIpc) is 2.40. The van der Waals surface area contributed by atoms with Crippen LogP contribution in [0.1, 0.15) is 11.1 Å². The lowest BCUT2D eigenvalue weighted by Crippen LogP contribution is -2.21. The van der Waals surface area contributed by atoms with Crippen molar-refractivity contribution >= 4 is 23.2 Å². The van der Waals surface area contributed by atoms with E-state index in [4.69, 9.17) is 28.5 Å². The van der Waals surface area contributed by atoms with Gasteiger partial charge in [0, 0.05) is 0 Å². The highest BCUT2D eigenvalue weighted by atomic mass is 35.5. The standard InChI is InChI=1S/C12H7Cl2N3O/c13-10-11(14)16-7-17(12(10)18)6-9-3-1-8(5-15)2-4-9/h1-4,7H,6H2. The van der Waals surface area contributed by atoms with E-state index in [1.165, 1.54) is 10.9 Å². The lowest BCUT2D eigenvalue weighted by molar-refractivity contribution is 0.736. The van der Waals surface area contributed by atoms with Crippen molar-refractivity contribution < 1.29 is 0 Å². The first-order chi connectivity index (χ1) is 8.61. The maximum Gasteiger partial charge on any atom is 0.273 e. The maximum absolute atomic E-state index is 11.8. The van der Waals surface area contributed by atoms with Gasteiger partial charge in [-0.25, -0.2) is 4.98 Å². The molecule has 0 fully saturated rings. The third-order valence-electron chi connectivity index (χ3n) is 2.38. The summed E-state index contributed by atoms with van der Waals surface area (Å²) in [5.74, 6) is 0. The Kier molecular flexibility index (Phi) is 3.66. The van der Waals surface area contributed by atoms with E-state index in [1.54, 1.807) is 24.3 Å². The molecular weight excluding hydrogens is 273 g/mol. The summed E-state index contributed by atoms with van der Waals surface area (Å²) in [5.41, 5.74) is 1.05. The average molecular weight is 280 g/mol. The van der Waals surface area contributed by atoms with Crippen molar-refractivity contribution in [3.63, 3.8) is 0 Å². The highest BCUT2D eigenvalue weighted by Gasteiger charge is 2.07. The van der Waals surface area contributed by atoms with Gasteiger partial charge in [-0.2, -0.15) is 5.26 Å². The Morgan fingerprint density at radius 1 is 1.28 bits per heavy atom. The van der Waals surface area contributed by atoms with Crippen molar-refractivity contribution in [3.05, 3.63) is 62.2 Å². The molecule has 0 saturated carbocycles. The van der Waals surface area contributed by atoms with E-state index >= 15 is 0 Å². The third-order valence-corrected chi connectivity index (χ3v) is 3.10. The number of hydrogen-bond donors (Lipinski definition) is 0. The minimum absolute atomic E-state index is 0.00209. The zero-order valence-electron chi connectivity index (χ0n) is 9.10. The van der Waals surface area contributed by atoms with Crippen molar-refractivity contribution in [2.45, 2.75) is 6.54 Å². The molecule has 0 atom stereocenters. The monoisotopic (exact) mass is 279 g/mol. The molecule has 0 aliphatic heterocycles. The van der Waals surface area contributed by atoms with Crippen LogP contribution in [0.5, 0.6) is 0 Å². The summed E-state index contributed by atoms with van der Waals surface area (Å²) in [4.78, 5) is 15.6. The molecule has 0 amide bonds. The number of halogens is 2. The molecule has 4 nitrogen and oxygen atoms in total. The molecule has 0 aliphatic rings. The van der Waals surface area contributed by atoms with E-state index < -0.39 is 0 Å². The highest BCUT2D eigenvalue weighted by molar-refractivity contribution is 6.40. The molecule has 0 unspecified atom stereocenters. The summed E-state index contributed by atoms with van der Waals surface area (Å²) < 4.78 is 1.36. The van der Waals surface area contributed by atoms with Crippen molar-refractivity contribution in [3.8, 4) is 6.07 Å². The van der Waals surface area contributed by atoms with E-state index in [2.05, 4.69) is 4.98 Å². The fourth-order valence-electron chi connectivity index (χ4n) is 1.44. The molecule has 2 aromatic rings. The first kappa shape index (κ1) is 12.6.